The maximum absolute atomic E-state index is 13.1. The van der Waals surface area contributed by atoms with Crippen LogP contribution in [0.1, 0.15) is 18.1 Å². The molecule has 1 amide bonds. The van der Waals surface area contributed by atoms with Gasteiger partial charge in [-0.15, -0.1) is 0 Å². The summed E-state index contributed by atoms with van der Waals surface area (Å²) in [5.74, 6) is 0.872. The van der Waals surface area contributed by atoms with Crippen molar-refractivity contribution in [3.63, 3.8) is 0 Å². The van der Waals surface area contributed by atoms with Crippen LogP contribution in [0.2, 0.25) is 0 Å². The molecule has 160 valence electrons. The SMILES string of the molecule is COc1ccc(CNC(=O)C2=C(C)c3cc(OC)c(OC)cc3N(C)S2(=O)=O)cc1. The topological polar surface area (TPSA) is 94.2 Å². The van der Waals surface area contributed by atoms with Gasteiger partial charge in [0.05, 0.1) is 27.0 Å². The Bertz CT molecular complexity index is 1110. The average molecular weight is 432 g/mol. The number of methoxy groups -OCH3 is 3. The van der Waals surface area contributed by atoms with Gasteiger partial charge in [0.2, 0.25) is 0 Å². The summed E-state index contributed by atoms with van der Waals surface area (Å²) < 4.78 is 43.0. The summed E-state index contributed by atoms with van der Waals surface area (Å²) in [4.78, 5) is 12.6. The molecule has 8 nitrogen and oxygen atoms in total. The minimum atomic E-state index is -4.04. The van der Waals surface area contributed by atoms with Crippen molar-refractivity contribution in [2.75, 3.05) is 32.7 Å². The van der Waals surface area contributed by atoms with Crippen molar-refractivity contribution in [1.82, 2.24) is 5.32 Å². The number of hydrogen-bond donors (Lipinski definition) is 1. The normalized spacial score (nSPS) is 14.8. The van der Waals surface area contributed by atoms with Gasteiger partial charge < -0.3 is 19.5 Å². The second kappa shape index (κ2) is 8.27. The van der Waals surface area contributed by atoms with Gasteiger partial charge in [-0.3, -0.25) is 9.10 Å². The van der Waals surface area contributed by atoms with Crippen LogP contribution < -0.4 is 23.8 Å². The Kier molecular flexibility index (Phi) is 5.93. The maximum atomic E-state index is 13.1. The molecule has 9 heteroatoms. The number of anilines is 1. The Morgan fingerprint density at radius 2 is 1.60 bits per heavy atom. The van der Waals surface area contributed by atoms with Crippen LogP contribution in [0, 0.1) is 0 Å². The van der Waals surface area contributed by atoms with Crippen LogP contribution in [0.3, 0.4) is 0 Å². The predicted octanol–water partition coefficient (Wildman–Crippen LogP) is 2.54. The number of nitrogens with one attached hydrogen (secondary N) is 1. The van der Waals surface area contributed by atoms with Crippen LogP contribution in [0.4, 0.5) is 5.69 Å². The molecule has 2 aromatic rings. The van der Waals surface area contributed by atoms with Crippen molar-refractivity contribution in [2.24, 2.45) is 0 Å². The molecule has 0 aliphatic carbocycles. The Hall–Kier alpha value is -3.20. The molecule has 0 fully saturated rings. The lowest BCUT2D eigenvalue weighted by atomic mass is 10.0. The third-order valence-corrected chi connectivity index (χ3v) is 6.95. The van der Waals surface area contributed by atoms with E-state index in [1.165, 1.54) is 21.3 Å². The van der Waals surface area contributed by atoms with Crippen LogP contribution in [0.5, 0.6) is 17.2 Å². The number of carbonyl (C=O) groups is 1. The Morgan fingerprint density at radius 3 is 2.17 bits per heavy atom. The molecule has 30 heavy (non-hydrogen) atoms. The van der Waals surface area contributed by atoms with E-state index in [0.29, 0.717) is 34.1 Å². The molecule has 0 saturated carbocycles. The standard InChI is InChI=1S/C21H24N2O6S/c1-13-16-10-18(28-4)19(29-5)11-17(16)23(2)30(25,26)20(13)21(24)22-12-14-6-8-15(27-3)9-7-14/h6-11H,12H2,1-5H3,(H,22,24). The third kappa shape index (κ3) is 3.68. The summed E-state index contributed by atoms with van der Waals surface area (Å²) in [6.45, 7) is 1.79. The number of benzene rings is 2. The minimum Gasteiger partial charge on any atom is -0.497 e. The first-order chi connectivity index (χ1) is 14.2. The molecule has 0 radical (unpaired) electrons. The average Bonchev–Trinajstić information content (AvgIpc) is 2.75. The summed E-state index contributed by atoms with van der Waals surface area (Å²) >= 11 is 0. The van der Waals surface area contributed by atoms with Gasteiger partial charge in [-0.1, -0.05) is 12.1 Å². The van der Waals surface area contributed by atoms with Crippen molar-refractivity contribution in [1.29, 1.82) is 0 Å². The van der Waals surface area contributed by atoms with Gasteiger partial charge in [-0.25, -0.2) is 8.42 Å². The Morgan fingerprint density at radius 1 is 1.00 bits per heavy atom. The van der Waals surface area contributed by atoms with E-state index in [1.807, 2.05) is 0 Å². The molecule has 1 aliphatic rings. The molecule has 2 aromatic carbocycles. The number of sulfonamides is 1. The molecular weight excluding hydrogens is 408 g/mol. The molecule has 3 rings (SSSR count). The second-order valence-electron chi connectivity index (χ2n) is 6.68. The number of fused-ring (bicyclic) bond motifs is 1. The van der Waals surface area contributed by atoms with E-state index < -0.39 is 15.9 Å². The fourth-order valence-corrected chi connectivity index (χ4v) is 4.79. The van der Waals surface area contributed by atoms with Crippen molar-refractivity contribution >= 4 is 27.2 Å². The van der Waals surface area contributed by atoms with Crippen molar-refractivity contribution in [2.45, 2.75) is 13.5 Å². The summed E-state index contributed by atoms with van der Waals surface area (Å²) in [6, 6.07) is 10.4. The van der Waals surface area contributed by atoms with E-state index in [4.69, 9.17) is 14.2 Å². The highest BCUT2D eigenvalue weighted by molar-refractivity contribution is 7.97. The lowest BCUT2D eigenvalue weighted by Gasteiger charge is -2.30. The summed E-state index contributed by atoms with van der Waals surface area (Å²) in [7, 11) is 1.90. The van der Waals surface area contributed by atoms with Gasteiger partial charge in [0.1, 0.15) is 5.75 Å². The maximum Gasteiger partial charge on any atom is 0.269 e. The van der Waals surface area contributed by atoms with E-state index in [0.717, 1.165) is 9.87 Å². The molecule has 0 bridgehead atoms. The molecule has 0 atom stereocenters. The zero-order valence-electron chi connectivity index (χ0n) is 17.5. The molecule has 0 aromatic heterocycles. The van der Waals surface area contributed by atoms with Crippen molar-refractivity contribution < 1.29 is 27.4 Å². The van der Waals surface area contributed by atoms with E-state index in [-0.39, 0.29) is 11.4 Å². The lowest BCUT2D eigenvalue weighted by Crippen LogP contribution is -2.38. The number of amides is 1. The first-order valence-electron chi connectivity index (χ1n) is 9.12. The zero-order valence-corrected chi connectivity index (χ0v) is 18.3. The number of hydrogen-bond acceptors (Lipinski definition) is 6. The van der Waals surface area contributed by atoms with Gasteiger partial charge in [0.15, 0.2) is 16.4 Å². The predicted molar refractivity (Wildman–Crippen MR) is 114 cm³/mol. The first kappa shape index (κ1) is 21.5. The minimum absolute atomic E-state index is 0.178. The van der Waals surface area contributed by atoms with E-state index in [1.54, 1.807) is 50.4 Å². The van der Waals surface area contributed by atoms with Crippen LogP contribution >= 0.6 is 0 Å². The third-order valence-electron chi connectivity index (χ3n) is 5.02. The molecule has 0 saturated heterocycles. The largest absolute Gasteiger partial charge is 0.497 e. The number of ether oxygens (including phenoxy) is 3. The monoisotopic (exact) mass is 432 g/mol. The van der Waals surface area contributed by atoms with Gasteiger partial charge in [0.25, 0.3) is 15.9 Å². The number of carbonyl (C=O) groups excluding carboxylic acids is 1. The number of nitrogens with zero attached hydrogens (tertiary/aromatic N) is 1. The van der Waals surface area contributed by atoms with Crippen LogP contribution in [0.25, 0.3) is 5.57 Å². The molecule has 1 aliphatic heterocycles. The Balaban J connectivity index is 1.98. The zero-order chi connectivity index (χ0) is 22.1. The molecule has 0 spiro atoms. The first-order valence-corrected chi connectivity index (χ1v) is 10.6. The van der Waals surface area contributed by atoms with Gasteiger partial charge in [-0.05, 0) is 36.3 Å². The second-order valence-corrected chi connectivity index (χ2v) is 8.59. The fraction of sp³-hybridized carbons (Fsp3) is 0.286. The molecule has 0 unspecified atom stereocenters. The molecule has 1 heterocycles. The van der Waals surface area contributed by atoms with Crippen LogP contribution in [-0.4, -0.2) is 42.7 Å². The smallest absolute Gasteiger partial charge is 0.269 e. The quantitative estimate of drug-likeness (QED) is 0.754. The van der Waals surface area contributed by atoms with Crippen LogP contribution in [-0.2, 0) is 21.4 Å². The fourth-order valence-electron chi connectivity index (χ4n) is 3.30. The van der Waals surface area contributed by atoms with Crippen LogP contribution in [0.15, 0.2) is 41.3 Å². The number of allylic oxidation sites excluding steroid dienone is 1. The molecule has 1 N–H and O–H groups in total. The van der Waals surface area contributed by atoms with E-state index in [9.17, 15) is 13.2 Å². The highest BCUT2D eigenvalue weighted by atomic mass is 32.2. The van der Waals surface area contributed by atoms with E-state index in [2.05, 4.69) is 5.32 Å². The highest BCUT2D eigenvalue weighted by Crippen LogP contribution is 2.44. The van der Waals surface area contributed by atoms with Crippen molar-refractivity contribution in [3.05, 3.63) is 52.4 Å². The molecular formula is C21H24N2O6S. The summed E-state index contributed by atoms with van der Waals surface area (Å²) in [5.41, 5.74) is 2.16. The highest BCUT2D eigenvalue weighted by Gasteiger charge is 2.38. The van der Waals surface area contributed by atoms with Gasteiger partial charge >= 0.3 is 0 Å². The summed E-state index contributed by atoms with van der Waals surface area (Å²) in [6.07, 6.45) is 0. The Labute approximate surface area is 176 Å². The summed E-state index contributed by atoms with van der Waals surface area (Å²) in [5, 5.41) is 2.70. The van der Waals surface area contributed by atoms with Crippen molar-refractivity contribution in [3.8, 4) is 17.2 Å². The number of rotatable bonds is 6. The van der Waals surface area contributed by atoms with Gasteiger partial charge in [-0.2, -0.15) is 0 Å². The lowest BCUT2D eigenvalue weighted by molar-refractivity contribution is -0.117. The van der Waals surface area contributed by atoms with Gasteiger partial charge in [0, 0.05) is 25.2 Å². The van der Waals surface area contributed by atoms with E-state index >= 15 is 0 Å².